The van der Waals surface area contributed by atoms with Crippen LogP contribution in [0.4, 0.5) is 18.9 Å². The van der Waals surface area contributed by atoms with Crippen molar-refractivity contribution in [1.29, 1.82) is 0 Å². The summed E-state index contributed by atoms with van der Waals surface area (Å²) in [5.74, 6) is -0.144. The molecule has 5 aromatic rings. The largest absolute Gasteiger partial charge is 0.489 e. The molecule has 0 saturated heterocycles. The molecule has 0 aromatic heterocycles. The molecule has 5 aromatic carbocycles. The Morgan fingerprint density at radius 2 is 1.51 bits per heavy atom. The highest BCUT2D eigenvalue weighted by Crippen LogP contribution is 2.32. The Bertz CT molecular complexity index is 1740. The molecule has 1 heterocycles. The Morgan fingerprint density at radius 1 is 0.822 bits per heavy atom. The molecular weight excluding hydrogens is 577 g/mol. The number of carboxylic acids is 1. The van der Waals surface area contributed by atoms with Crippen LogP contribution in [0.15, 0.2) is 121 Å². The first-order valence-corrected chi connectivity index (χ1v) is 14.5. The zero-order valence-corrected chi connectivity index (χ0v) is 24.5. The number of nitrogens with two attached hydrogens (primary N) is 1. The third kappa shape index (κ3) is 8.31. The molecule has 0 radical (unpaired) electrons. The first-order chi connectivity index (χ1) is 21.7. The first kappa shape index (κ1) is 31.3. The lowest BCUT2D eigenvalue weighted by molar-refractivity contribution is -0.137. The van der Waals surface area contributed by atoms with Crippen molar-refractivity contribution in [3.63, 3.8) is 0 Å². The lowest BCUT2D eigenvalue weighted by Crippen LogP contribution is -2.30. The summed E-state index contributed by atoms with van der Waals surface area (Å²) in [7, 11) is 0. The van der Waals surface area contributed by atoms with Crippen molar-refractivity contribution in [3.05, 3.63) is 155 Å². The summed E-state index contributed by atoms with van der Waals surface area (Å²) in [6.07, 6.45) is -3.35. The van der Waals surface area contributed by atoms with Crippen molar-refractivity contribution in [1.82, 2.24) is 4.90 Å². The molecule has 6 rings (SSSR count). The van der Waals surface area contributed by atoms with Crippen molar-refractivity contribution in [2.45, 2.75) is 32.3 Å². The molecule has 0 atom stereocenters. The fourth-order valence-corrected chi connectivity index (χ4v) is 5.28. The van der Waals surface area contributed by atoms with Gasteiger partial charge in [0.25, 0.3) is 0 Å². The van der Waals surface area contributed by atoms with E-state index in [0.717, 1.165) is 49.6 Å². The fraction of sp³-hybridized carbons (Fsp3) is 0.162. The highest BCUT2D eigenvalue weighted by molar-refractivity contribution is 5.96. The second kappa shape index (κ2) is 14.1. The number of carboxylic acid groups (broad SMARTS) is 1. The summed E-state index contributed by atoms with van der Waals surface area (Å²) >= 11 is 0. The third-order valence-corrected chi connectivity index (χ3v) is 7.61. The molecule has 0 saturated carbocycles. The molecule has 1 aliphatic rings. The number of ether oxygens (including phenoxy) is 1. The molecule has 0 aliphatic carbocycles. The van der Waals surface area contributed by atoms with E-state index < -0.39 is 17.7 Å². The minimum absolute atomic E-state index is 0.0576. The molecule has 230 valence electrons. The number of halogens is 3. The van der Waals surface area contributed by atoms with Gasteiger partial charge in [0.2, 0.25) is 0 Å². The number of alkyl halides is 3. The van der Waals surface area contributed by atoms with Gasteiger partial charge in [-0.15, -0.1) is 0 Å². The van der Waals surface area contributed by atoms with Gasteiger partial charge in [-0.05, 0) is 70.6 Å². The normalized spacial score (nSPS) is 12.9. The Hall–Kier alpha value is -5.08. The van der Waals surface area contributed by atoms with Crippen LogP contribution in [-0.2, 0) is 32.3 Å². The van der Waals surface area contributed by atoms with Crippen LogP contribution in [-0.4, -0.2) is 22.5 Å². The highest BCUT2D eigenvalue weighted by Gasteiger charge is 2.30. The van der Waals surface area contributed by atoms with E-state index in [0.29, 0.717) is 17.7 Å². The SMILES string of the molecule is Nc1ccc2c(c1)CCN(Cc1ccccc1OCc1ccccc1)C2.O=C(O)c1ccccc1-c1ccc(C(F)(F)F)cc1. The van der Waals surface area contributed by atoms with Crippen molar-refractivity contribution in [3.8, 4) is 16.9 Å². The lowest BCUT2D eigenvalue weighted by Gasteiger charge is -2.29. The predicted molar refractivity (Wildman–Crippen MR) is 170 cm³/mol. The van der Waals surface area contributed by atoms with E-state index >= 15 is 0 Å². The maximum Gasteiger partial charge on any atom is 0.416 e. The van der Waals surface area contributed by atoms with Crippen LogP contribution >= 0.6 is 0 Å². The van der Waals surface area contributed by atoms with Gasteiger partial charge < -0.3 is 15.6 Å². The van der Waals surface area contributed by atoms with E-state index in [2.05, 4.69) is 47.4 Å². The summed E-state index contributed by atoms with van der Waals surface area (Å²) in [6, 6.07) is 35.5. The quantitative estimate of drug-likeness (QED) is 0.181. The van der Waals surface area contributed by atoms with Crippen molar-refractivity contribution in [2.24, 2.45) is 0 Å². The molecule has 0 amide bonds. The van der Waals surface area contributed by atoms with Crippen LogP contribution in [0, 0.1) is 0 Å². The number of fused-ring (bicyclic) bond motifs is 1. The number of rotatable bonds is 7. The van der Waals surface area contributed by atoms with Crippen LogP contribution < -0.4 is 10.5 Å². The topological polar surface area (TPSA) is 75.8 Å². The van der Waals surface area contributed by atoms with Gasteiger partial charge in [0.1, 0.15) is 12.4 Å². The number of hydrogen-bond donors (Lipinski definition) is 2. The number of para-hydroxylation sites is 1. The smallest absolute Gasteiger partial charge is 0.416 e. The summed E-state index contributed by atoms with van der Waals surface area (Å²) in [6.45, 7) is 3.50. The predicted octanol–water partition coefficient (Wildman–Crippen LogP) is 8.48. The zero-order chi connectivity index (χ0) is 31.8. The molecule has 0 bridgehead atoms. The van der Waals surface area contributed by atoms with E-state index in [4.69, 9.17) is 15.6 Å². The van der Waals surface area contributed by atoms with Gasteiger partial charge in [0.05, 0.1) is 11.1 Å². The van der Waals surface area contributed by atoms with Gasteiger partial charge in [-0.2, -0.15) is 13.2 Å². The third-order valence-electron chi connectivity index (χ3n) is 7.61. The number of hydrogen-bond acceptors (Lipinski definition) is 4. The first-order valence-electron chi connectivity index (χ1n) is 14.5. The standard InChI is InChI=1S/C23H24N2O.C14H9F3O2/c24-22-11-10-20-15-25(13-12-19(20)14-22)16-21-8-4-5-9-23(21)26-17-18-6-2-1-3-7-18;15-14(16,17)10-7-5-9(6-8-10)11-3-1-2-4-12(11)13(18)19/h1-11,14H,12-13,15-17,24H2;1-8H,(H,18,19). The molecule has 5 nitrogen and oxygen atoms in total. The number of nitrogen functional groups attached to an aromatic ring is 1. The minimum atomic E-state index is -4.40. The van der Waals surface area contributed by atoms with Gasteiger partial charge in [-0.25, -0.2) is 4.79 Å². The van der Waals surface area contributed by atoms with Gasteiger partial charge >= 0.3 is 12.1 Å². The van der Waals surface area contributed by atoms with Crippen LogP contribution in [0.5, 0.6) is 5.75 Å². The number of benzene rings is 5. The average molecular weight is 611 g/mol. The average Bonchev–Trinajstić information content (AvgIpc) is 3.05. The van der Waals surface area contributed by atoms with Gasteiger partial charge in [0.15, 0.2) is 0 Å². The van der Waals surface area contributed by atoms with E-state index in [1.165, 1.54) is 40.5 Å². The Kier molecular flexibility index (Phi) is 9.85. The molecule has 3 N–H and O–H groups in total. The Labute approximate surface area is 260 Å². The molecular formula is C37H33F3N2O3. The highest BCUT2D eigenvalue weighted by atomic mass is 19.4. The second-order valence-electron chi connectivity index (χ2n) is 10.8. The summed E-state index contributed by atoms with van der Waals surface area (Å²) in [4.78, 5) is 13.5. The fourth-order valence-electron chi connectivity index (χ4n) is 5.28. The van der Waals surface area contributed by atoms with E-state index in [-0.39, 0.29) is 5.56 Å². The molecule has 45 heavy (non-hydrogen) atoms. The molecule has 1 aliphatic heterocycles. The Morgan fingerprint density at radius 3 is 2.24 bits per heavy atom. The molecule has 8 heteroatoms. The summed E-state index contributed by atoms with van der Waals surface area (Å²) in [5.41, 5.74) is 12.1. The van der Waals surface area contributed by atoms with Crippen LogP contribution in [0.25, 0.3) is 11.1 Å². The van der Waals surface area contributed by atoms with Crippen LogP contribution in [0.1, 0.15) is 38.2 Å². The summed E-state index contributed by atoms with van der Waals surface area (Å²) in [5, 5.41) is 9.03. The minimum Gasteiger partial charge on any atom is -0.489 e. The van der Waals surface area contributed by atoms with Crippen LogP contribution in [0.3, 0.4) is 0 Å². The molecule has 0 spiro atoms. The van der Waals surface area contributed by atoms with E-state index in [1.54, 1.807) is 18.2 Å². The zero-order valence-electron chi connectivity index (χ0n) is 24.5. The summed E-state index contributed by atoms with van der Waals surface area (Å²) < 4.78 is 43.4. The van der Waals surface area contributed by atoms with Crippen molar-refractivity contribution >= 4 is 11.7 Å². The lowest BCUT2D eigenvalue weighted by atomic mass is 9.98. The number of nitrogens with zero attached hydrogens (tertiary/aromatic N) is 1. The van der Waals surface area contributed by atoms with Gasteiger partial charge in [0, 0.05) is 30.9 Å². The van der Waals surface area contributed by atoms with Crippen molar-refractivity contribution < 1.29 is 27.8 Å². The maximum atomic E-state index is 12.4. The molecule has 0 unspecified atom stereocenters. The number of aromatic carboxylic acids is 1. The molecule has 0 fully saturated rings. The van der Waals surface area contributed by atoms with E-state index in [9.17, 15) is 18.0 Å². The maximum absolute atomic E-state index is 12.4. The van der Waals surface area contributed by atoms with Crippen molar-refractivity contribution in [2.75, 3.05) is 12.3 Å². The van der Waals surface area contributed by atoms with Gasteiger partial charge in [-0.3, -0.25) is 4.90 Å². The van der Waals surface area contributed by atoms with E-state index in [1.807, 2.05) is 30.3 Å². The van der Waals surface area contributed by atoms with Gasteiger partial charge in [-0.1, -0.05) is 84.9 Å². The second-order valence-corrected chi connectivity index (χ2v) is 10.8. The number of carbonyl (C=O) groups is 1. The number of anilines is 1. The monoisotopic (exact) mass is 610 g/mol. The van der Waals surface area contributed by atoms with Crippen LogP contribution in [0.2, 0.25) is 0 Å². The Balaban J connectivity index is 0.000000187.